The van der Waals surface area contributed by atoms with Gasteiger partial charge in [0.2, 0.25) is 11.8 Å². The molecular weight excluding hydrogens is 397 g/mol. The van der Waals surface area contributed by atoms with E-state index >= 15 is 0 Å². The van der Waals surface area contributed by atoms with E-state index in [4.69, 9.17) is 4.74 Å². The Bertz CT molecular complexity index is 737. The van der Waals surface area contributed by atoms with Crippen molar-refractivity contribution in [2.45, 2.75) is 56.5 Å². The SMILES string of the molecule is O=C(CCNC(=O)C1(c2cccc(C(F)(F)F)c2)CCOCC1)N1CCCCCC1. The van der Waals surface area contributed by atoms with Gasteiger partial charge in [0.25, 0.3) is 0 Å². The maximum atomic E-state index is 13.2. The number of hydrogen-bond acceptors (Lipinski definition) is 3. The highest BCUT2D eigenvalue weighted by Gasteiger charge is 2.43. The van der Waals surface area contributed by atoms with Crippen LogP contribution in [0.25, 0.3) is 0 Å². The fraction of sp³-hybridized carbons (Fsp3) is 0.636. The number of carbonyl (C=O) groups excluding carboxylic acids is 2. The number of nitrogens with zero attached hydrogens (tertiary/aromatic N) is 1. The minimum Gasteiger partial charge on any atom is -0.381 e. The van der Waals surface area contributed by atoms with Gasteiger partial charge in [0, 0.05) is 39.3 Å². The van der Waals surface area contributed by atoms with Crippen LogP contribution >= 0.6 is 0 Å². The van der Waals surface area contributed by atoms with Crippen LogP contribution in [0.5, 0.6) is 0 Å². The lowest BCUT2D eigenvalue weighted by molar-refractivity contribution is -0.138. The van der Waals surface area contributed by atoms with Gasteiger partial charge in [-0.05, 0) is 37.3 Å². The summed E-state index contributed by atoms with van der Waals surface area (Å²) in [6.07, 6.45) is 0.581. The molecule has 30 heavy (non-hydrogen) atoms. The van der Waals surface area contributed by atoms with Crippen molar-refractivity contribution in [1.29, 1.82) is 0 Å². The number of amides is 2. The van der Waals surface area contributed by atoms with E-state index in [2.05, 4.69) is 5.32 Å². The van der Waals surface area contributed by atoms with E-state index in [9.17, 15) is 22.8 Å². The molecule has 8 heteroatoms. The predicted molar refractivity (Wildman–Crippen MR) is 106 cm³/mol. The molecule has 2 heterocycles. The minimum atomic E-state index is -4.47. The van der Waals surface area contributed by atoms with E-state index in [1.165, 1.54) is 6.07 Å². The summed E-state index contributed by atoms with van der Waals surface area (Å²) in [7, 11) is 0. The van der Waals surface area contributed by atoms with Crippen LogP contribution in [-0.4, -0.2) is 49.6 Å². The zero-order valence-corrected chi connectivity index (χ0v) is 17.1. The molecule has 0 aliphatic carbocycles. The molecule has 1 aromatic carbocycles. The highest BCUT2D eigenvalue weighted by Crippen LogP contribution is 2.38. The molecule has 5 nitrogen and oxygen atoms in total. The first-order chi connectivity index (χ1) is 14.3. The third-order valence-corrected chi connectivity index (χ3v) is 6.11. The van der Waals surface area contributed by atoms with E-state index in [1.54, 1.807) is 6.07 Å². The Kier molecular flexibility index (Phi) is 7.39. The van der Waals surface area contributed by atoms with Crippen LogP contribution in [0.3, 0.4) is 0 Å². The van der Waals surface area contributed by atoms with Gasteiger partial charge in [-0.3, -0.25) is 9.59 Å². The summed E-state index contributed by atoms with van der Waals surface area (Å²) in [5.74, 6) is -0.328. The maximum Gasteiger partial charge on any atom is 0.416 e. The second-order valence-electron chi connectivity index (χ2n) is 8.07. The summed E-state index contributed by atoms with van der Waals surface area (Å²) in [6.45, 7) is 2.28. The smallest absolute Gasteiger partial charge is 0.381 e. The first-order valence-corrected chi connectivity index (χ1v) is 10.6. The van der Waals surface area contributed by atoms with Crippen molar-refractivity contribution in [1.82, 2.24) is 10.2 Å². The lowest BCUT2D eigenvalue weighted by Gasteiger charge is -2.36. The molecule has 0 radical (unpaired) electrons. The largest absolute Gasteiger partial charge is 0.416 e. The van der Waals surface area contributed by atoms with E-state index in [0.717, 1.165) is 50.9 Å². The topological polar surface area (TPSA) is 58.6 Å². The van der Waals surface area contributed by atoms with Crippen molar-refractivity contribution in [3.05, 3.63) is 35.4 Å². The number of hydrogen-bond donors (Lipinski definition) is 1. The monoisotopic (exact) mass is 426 g/mol. The normalized spacial score (nSPS) is 19.8. The Morgan fingerprint density at radius 2 is 1.73 bits per heavy atom. The molecule has 0 spiro atoms. The first kappa shape index (κ1) is 22.6. The summed E-state index contributed by atoms with van der Waals surface area (Å²) in [5, 5.41) is 2.81. The molecule has 1 N–H and O–H groups in total. The Morgan fingerprint density at radius 3 is 2.37 bits per heavy atom. The molecule has 0 bridgehead atoms. The highest BCUT2D eigenvalue weighted by molar-refractivity contribution is 5.89. The number of halogens is 3. The molecule has 0 unspecified atom stereocenters. The molecular formula is C22H29F3N2O3. The molecule has 1 aromatic rings. The summed E-state index contributed by atoms with van der Waals surface area (Å²) >= 11 is 0. The lowest BCUT2D eigenvalue weighted by Crippen LogP contribution is -2.49. The lowest BCUT2D eigenvalue weighted by atomic mass is 9.73. The van der Waals surface area contributed by atoms with Crippen molar-refractivity contribution in [2.24, 2.45) is 0 Å². The predicted octanol–water partition coefficient (Wildman–Crippen LogP) is 3.66. The van der Waals surface area contributed by atoms with Gasteiger partial charge in [0.15, 0.2) is 0 Å². The standard InChI is InChI=1S/C22H29F3N2O3/c23-22(24,25)18-7-5-6-17(16-18)21(9-14-30-15-10-21)20(29)26-11-8-19(28)27-12-3-1-2-4-13-27/h5-7,16H,1-4,8-15H2,(H,26,29). The van der Waals surface area contributed by atoms with Crippen molar-refractivity contribution >= 4 is 11.8 Å². The van der Waals surface area contributed by atoms with Gasteiger partial charge >= 0.3 is 6.18 Å². The van der Waals surface area contributed by atoms with E-state index in [1.807, 2.05) is 4.90 Å². The number of nitrogens with one attached hydrogen (secondary N) is 1. The van der Waals surface area contributed by atoms with Gasteiger partial charge < -0.3 is 15.0 Å². The summed E-state index contributed by atoms with van der Waals surface area (Å²) < 4.78 is 44.9. The molecule has 2 saturated heterocycles. The second kappa shape index (κ2) is 9.81. The number of likely N-dealkylation sites (tertiary alicyclic amines) is 1. The van der Waals surface area contributed by atoms with E-state index in [0.29, 0.717) is 31.6 Å². The quantitative estimate of drug-likeness (QED) is 0.782. The van der Waals surface area contributed by atoms with Gasteiger partial charge in [-0.15, -0.1) is 0 Å². The van der Waals surface area contributed by atoms with Crippen molar-refractivity contribution in [2.75, 3.05) is 32.8 Å². The van der Waals surface area contributed by atoms with Crippen LogP contribution in [-0.2, 0) is 25.9 Å². The third-order valence-electron chi connectivity index (χ3n) is 6.11. The first-order valence-electron chi connectivity index (χ1n) is 10.6. The molecule has 0 saturated carbocycles. The molecule has 0 aromatic heterocycles. The average molecular weight is 426 g/mol. The van der Waals surface area contributed by atoms with Gasteiger partial charge in [0.1, 0.15) is 0 Å². The van der Waals surface area contributed by atoms with Gasteiger partial charge in [-0.25, -0.2) is 0 Å². The van der Waals surface area contributed by atoms with Crippen LogP contribution in [0.4, 0.5) is 13.2 Å². The van der Waals surface area contributed by atoms with Gasteiger partial charge in [-0.2, -0.15) is 13.2 Å². The zero-order valence-electron chi connectivity index (χ0n) is 17.1. The Hall–Kier alpha value is -2.09. The summed E-state index contributed by atoms with van der Waals surface area (Å²) in [5.41, 5.74) is -1.50. The van der Waals surface area contributed by atoms with Gasteiger partial charge in [0.05, 0.1) is 11.0 Å². The Balaban J connectivity index is 1.68. The number of ether oxygens (including phenoxy) is 1. The van der Waals surface area contributed by atoms with Crippen LogP contribution in [0, 0.1) is 0 Å². The number of alkyl halides is 3. The number of carbonyl (C=O) groups is 2. The minimum absolute atomic E-state index is 0.0114. The fourth-order valence-corrected chi connectivity index (χ4v) is 4.29. The van der Waals surface area contributed by atoms with Crippen LogP contribution < -0.4 is 5.32 Å². The second-order valence-corrected chi connectivity index (χ2v) is 8.07. The Labute approximate surface area is 175 Å². The average Bonchev–Trinajstić information content (AvgIpc) is 3.03. The van der Waals surface area contributed by atoms with Crippen molar-refractivity contribution in [3.8, 4) is 0 Å². The van der Waals surface area contributed by atoms with E-state index in [-0.39, 0.29) is 24.8 Å². The number of benzene rings is 1. The molecule has 166 valence electrons. The third kappa shape index (κ3) is 5.33. The highest BCUT2D eigenvalue weighted by atomic mass is 19.4. The molecule has 3 rings (SSSR count). The summed E-state index contributed by atoms with van der Waals surface area (Å²) in [6, 6.07) is 4.98. The van der Waals surface area contributed by atoms with Crippen LogP contribution in [0.1, 0.15) is 56.1 Å². The van der Waals surface area contributed by atoms with Gasteiger partial charge in [-0.1, -0.05) is 31.0 Å². The number of rotatable bonds is 5. The van der Waals surface area contributed by atoms with Crippen LogP contribution in [0.2, 0.25) is 0 Å². The maximum absolute atomic E-state index is 13.2. The molecule has 2 aliphatic heterocycles. The molecule has 2 aliphatic rings. The fourth-order valence-electron chi connectivity index (χ4n) is 4.29. The molecule has 2 amide bonds. The van der Waals surface area contributed by atoms with Crippen LogP contribution in [0.15, 0.2) is 24.3 Å². The zero-order chi connectivity index (χ0) is 21.6. The molecule has 0 atom stereocenters. The Morgan fingerprint density at radius 1 is 1.07 bits per heavy atom. The molecule has 2 fully saturated rings. The van der Waals surface area contributed by atoms with Crippen molar-refractivity contribution in [3.63, 3.8) is 0 Å². The summed E-state index contributed by atoms with van der Waals surface area (Å²) in [4.78, 5) is 27.4. The van der Waals surface area contributed by atoms with E-state index < -0.39 is 17.2 Å². The van der Waals surface area contributed by atoms with Crippen molar-refractivity contribution < 1.29 is 27.5 Å².